The third-order valence-electron chi connectivity index (χ3n) is 3.83. The van der Waals surface area contributed by atoms with E-state index in [1.165, 1.54) is 13.8 Å². The molecule has 0 unspecified atom stereocenters. The molecule has 1 fully saturated rings. The Bertz CT molecular complexity index is 675. The number of carbonyl (C=O) groups excluding carboxylic acids is 3. The minimum atomic E-state index is -1.14. The van der Waals surface area contributed by atoms with Crippen LogP contribution in [0.2, 0.25) is 0 Å². The second kappa shape index (κ2) is 6.61. The van der Waals surface area contributed by atoms with Gasteiger partial charge < -0.3 is 15.4 Å². The summed E-state index contributed by atoms with van der Waals surface area (Å²) >= 11 is 11.8. The van der Waals surface area contributed by atoms with E-state index in [1.54, 1.807) is 31.2 Å². The molecule has 1 aliphatic carbocycles. The van der Waals surface area contributed by atoms with Crippen molar-refractivity contribution in [1.29, 1.82) is 0 Å². The van der Waals surface area contributed by atoms with Crippen LogP contribution in [0.1, 0.15) is 27.2 Å². The number of anilines is 2. The first kappa shape index (κ1) is 18.5. The van der Waals surface area contributed by atoms with Crippen LogP contribution in [0, 0.1) is 5.41 Å². The monoisotopic (exact) mass is 372 g/mol. The first-order chi connectivity index (χ1) is 11.0. The van der Waals surface area contributed by atoms with Gasteiger partial charge in [-0.2, -0.15) is 0 Å². The largest absolute Gasteiger partial charge is 0.452 e. The SMILES string of the molecule is CC(=O)Nc1ccc(NC(=O)[C@@H](C)OC(=O)[C@]2(C)CC2(Cl)Cl)cc1. The van der Waals surface area contributed by atoms with E-state index in [0.717, 1.165) is 0 Å². The van der Waals surface area contributed by atoms with Gasteiger partial charge in [-0.15, -0.1) is 23.2 Å². The second-order valence-electron chi connectivity index (χ2n) is 6.01. The van der Waals surface area contributed by atoms with Gasteiger partial charge in [-0.25, -0.2) is 0 Å². The number of nitrogens with one attached hydrogen (secondary N) is 2. The Balaban J connectivity index is 1.90. The lowest BCUT2D eigenvalue weighted by Gasteiger charge is -2.17. The highest BCUT2D eigenvalue weighted by molar-refractivity contribution is 6.53. The predicted molar refractivity (Wildman–Crippen MR) is 92.1 cm³/mol. The van der Waals surface area contributed by atoms with Crippen molar-refractivity contribution in [3.63, 3.8) is 0 Å². The lowest BCUT2D eigenvalue weighted by molar-refractivity contribution is -0.158. The molecule has 0 radical (unpaired) electrons. The maximum Gasteiger partial charge on any atom is 0.315 e. The Morgan fingerprint density at radius 3 is 2.00 bits per heavy atom. The average molecular weight is 373 g/mol. The zero-order chi connectivity index (χ0) is 18.1. The van der Waals surface area contributed by atoms with Gasteiger partial charge in [-0.05, 0) is 38.1 Å². The Kier molecular flexibility index (Phi) is 5.11. The molecule has 0 heterocycles. The molecule has 2 N–H and O–H groups in total. The maximum atomic E-state index is 12.1. The first-order valence-electron chi connectivity index (χ1n) is 7.32. The molecule has 1 aromatic carbocycles. The van der Waals surface area contributed by atoms with Gasteiger partial charge in [0.2, 0.25) is 5.91 Å². The van der Waals surface area contributed by atoms with Gasteiger partial charge >= 0.3 is 5.97 Å². The number of benzene rings is 1. The van der Waals surface area contributed by atoms with Crippen molar-refractivity contribution in [3.8, 4) is 0 Å². The van der Waals surface area contributed by atoms with Crippen molar-refractivity contribution >= 4 is 52.4 Å². The molecule has 2 amide bonds. The number of hydrogen-bond acceptors (Lipinski definition) is 4. The highest BCUT2D eigenvalue weighted by Crippen LogP contribution is 2.64. The van der Waals surface area contributed by atoms with E-state index in [2.05, 4.69) is 10.6 Å². The number of hydrogen-bond donors (Lipinski definition) is 2. The zero-order valence-electron chi connectivity index (χ0n) is 13.5. The summed E-state index contributed by atoms with van der Waals surface area (Å²) in [7, 11) is 0. The van der Waals surface area contributed by atoms with E-state index in [0.29, 0.717) is 17.8 Å². The quantitative estimate of drug-likeness (QED) is 0.614. The number of rotatable bonds is 5. The minimum Gasteiger partial charge on any atom is -0.452 e. The molecule has 1 aliphatic rings. The number of halogens is 2. The third kappa shape index (κ3) is 3.99. The van der Waals surface area contributed by atoms with Crippen LogP contribution in [-0.4, -0.2) is 28.2 Å². The number of carbonyl (C=O) groups is 3. The summed E-state index contributed by atoms with van der Waals surface area (Å²) in [5, 5.41) is 5.24. The predicted octanol–water partition coefficient (Wildman–Crippen LogP) is 3.10. The van der Waals surface area contributed by atoms with Crippen molar-refractivity contribution in [3.05, 3.63) is 24.3 Å². The van der Waals surface area contributed by atoms with Gasteiger partial charge in [0.25, 0.3) is 5.91 Å². The van der Waals surface area contributed by atoms with Gasteiger partial charge in [-0.1, -0.05) is 0 Å². The summed E-state index contributed by atoms with van der Waals surface area (Å²) in [6.07, 6.45) is -0.699. The van der Waals surface area contributed by atoms with Crippen molar-refractivity contribution in [2.24, 2.45) is 5.41 Å². The summed E-state index contributed by atoms with van der Waals surface area (Å²) < 4.78 is 4.01. The van der Waals surface area contributed by atoms with E-state index >= 15 is 0 Å². The molecule has 130 valence electrons. The molecule has 1 aromatic rings. The van der Waals surface area contributed by atoms with Crippen LogP contribution in [0.5, 0.6) is 0 Å². The Morgan fingerprint density at radius 1 is 1.12 bits per heavy atom. The van der Waals surface area contributed by atoms with E-state index in [4.69, 9.17) is 27.9 Å². The summed E-state index contributed by atoms with van der Waals surface area (Å²) in [5.74, 6) is -1.26. The van der Waals surface area contributed by atoms with Crippen LogP contribution in [0.25, 0.3) is 0 Å². The molecule has 6 nitrogen and oxygen atoms in total. The van der Waals surface area contributed by atoms with Gasteiger partial charge in [-0.3, -0.25) is 14.4 Å². The maximum absolute atomic E-state index is 12.1. The van der Waals surface area contributed by atoms with Crippen LogP contribution < -0.4 is 10.6 Å². The highest BCUT2D eigenvalue weighted by atomic mass is 35.5. The number of ether oxygens (including phenoxy) is 1. The molecular formula is C16H18Cl2N2O4. The fourth-order valence-electron chi connectivity index (χ4n) is 2.05. The fourth-order valence-corrected chi connectivity index (χ4v) is 2.74. The Morgan fingerprint density at radius 2 is 1.58 bits per heavy atom. The highest BCUT2D eigenvalue weighted by Gasteiger charge is 2.69. The molecular weight excluding hydrogens is 355 g/mol. The van der Waals surface area contributed by atoms with Crippen molar-refractivity contribution in [2.45, 2.75) is 37.6 Å². The second-order valence-corrected chi connectivity index (χ2v) is 7.49. The van der Waals surface area contributed by atoms with Crippen LogP contribution in [0.15, 0.2) is 24.3 Å². The van der Waals surface area contributed by atoms with E-state index in [1.807, 2.05) is 0 Å². The van der Waals surface area contributed by atoms with Crippen LogP contribution in [-0.2, 0) is 19.1 Å². The number of esters is 1. The molecule has 0 bridgehead atoms. The van der Waals surface area contributed by atoms with Crippen molar-refractivity contribution in [2.75, 3.05) is 10.6 Å². The van der Waals surface area contributed by atoms with Crippen molar-refractivity contribution < 1.29 is 19.1 Å². The third-order valence-corrected chi connectivity index (χ3v) is 4.94. The summed E-state index contributed by atoms with van der Waals surface area (Å²) in [6.45, 7) is 4.47. The van der Waals surface area contributed by atoms with Crippen molar-refractivity contribution in [1.82, 2.24) is 0 Å². The normalized spacial score (nSPS) is 22.2. The average Bonchev–Trinajstić information content (AvgIpc) is 3.00. The van der Waals surface area contributed by atoms with E-state index in [-0.39, 0.29) is 5.91 Å². The first-order valence-corrected chi connectivity index (χ1v) is 8.08. The molecule has 24 heavy (non-hydrogen) atoms. The number of amides is 2. The van der Waals surface area contributed by atoms with Crippen LogP contribution in [0.3, 0.4) is 0 Å². The molecule has 2 atom stereocenters. The van der Waals surface area contributed by atoms with E-state index < -0.39 is 27.7 Å². The Labute approximate surface area is 149 Å². The molecule has 0 aromatic heterocycles. The summed E-state index contributed by atoms with van der Waals surface area (Å²) in [6, 6.07) is 6.55. The smallest absolute Gasteiger partial charge is 0.315 e. The molecule has 0 spiro atoms. The summed E-state index contributed by atoms with van der Waals surface area (Å²) in [5.41, 5.74) is 0.144. The van der Waals surface area contributed by atoms with E-state index in [9.17, 15) is 14.4 Å². The number of alkyl halides is 2. The van der Waals surface area contributed by atoms with Gasteiger partial charge in [0.1, 0.15) is 9.75 Å². The van der Waals surface area contributed by atoms with Crippen LogP contribution in [0.4, 0.5) is 11.4 Å². The molecule has 2 rings (SSSR count). The fraction of sp³-hybridized carbons (Fsp3) is 0.438. The standard InChI is InChI=1S/C16H18Cl2N2O4/c1-9(24-14(23)15(3)8-16(15,17)18)13(22)20-12-6-4-11(5-7-12)19-10(2)21/h4-7,9H,8H2,1-3H3,(H,19,21)(H,20,22)/t9-,15+/m1/s1. The molecule has 0 saturated heterocycles. The molecule has 0 aliphatic heterocycles. The lowest BCUT2D eigenvalue weighted by Crippen LogP contribution is -2.33. The summed E-state index contributed by atoms with van der Waals surface area (Å²) in [4.78, 5) is 35.1. The Hall–Kier alpha value is -1.79. The lowest BCUT2D eigenvalue weighted by atomic mass is 10.1. The van der Waals surface area contributed by atoms with Gasteiger partial charge in [0, 0.05) is 24.7 Å². The van der Waals surface area contributed by atoms with Crippen LogP contribution >= 0.6 is 23.2 Å². The molecule has 8 heteroatoms. The topological polar surface area (TPSA) is 84.5 Å². The van der Waals surface area contributed by atoms with Gasteiger partial charge in [0.15, 0.2) is 6.10 Å². The molecule has 1 saturated carbocycles. The zero-order valence-corrected chi connectivity index (χ0v) is 15.0. The van der Waals surface area contributed by atoms with Gasteiger partial charge in [0.05, 0.1) is 0 Å². The minimum absolute atomic E-state index is 0.185.